The SMILES string of the molecule is CCO/N=C(\C(=O)N[C@@H]1C(=O)N2C(C(=O)O)=C(C[n+]3ccn4cccc4c3C)CS[C@H]12)c1csc(N)n1. The second-order valence-electron chi connectivity index (χ2n) is 8.36. The molecular formula is C23H24N7O5S2+. The first-order valence-electron chi connectivity index (χ1n) is 11.4. The van der Waals surface area contributed by atoms with Crippen molar-refractivity contribution in [2.75, 3.05) is 18.1 Å². The zero-order valence-corrected chi connectivity index (χ0v) is 21.6. The highest BCUT2D eigenvalue weighted by atomic mass is 32.2. The van der Waals surface area contributed by atoms with Crippen molar-refractivity contribution in [1.29, 1.82) is 0 Å². The lowest BCUT2D eigenvalue weighted by Crippen LogP contribution is -2.71. The van der Waals surface area contributed by atoms with Gasteiger partial charge in [0.2, 0.25) is 5.69 Å². The van der Waals surface area contributed by atoms with E-state index in [1.165, 1.54) is 16.7 Å². The topological polar surface area (TPSA) is 156 Å². The first-order valence-corrected chi connectivity index (χ1v) is 13.3. The van der Waals surface area contributed by atoms with Gasteiger partial charge in [-0.3, -0.25) is 14.5 Å². The predicted octanol–water partition coefficient (Wildman–Crippen LogP) is 0.753. The average molecular weight is 543 g/mol. The number of nitrogens with one attached hydrogen (secondary N) is 1. The number of thiazole rings is 1. The van der Waals surface area contributed by atoms with E-state index in [4.69, 9.17) is 10.6 Å². The monoisotopic (exact) mass is 542 g/mol. The molecule has 1 saturated heterocycles. The molecular weight excluding hydrogens is 518 g/mol. The van der Waals surface area contributed by atoms with Gasteiger partial charge < -0.3 is 25.4 Å². The third kappa shape index (κ3) is 4.42. The number of carboxylic acid groups (broad SMARTS) is 1. The van der Waals surface area contributed by atoms with Gasteiger partial charge in [0.25, 0.3) is 11.8 Å². The van der Waals surface area contributed by atoms with Gasteiger partial charge in [-0.2, -0.15) is 4.57 Å². The number of aliphatic carboxylic acids is 1. The molecule has 0 aliphatic carbocycles. The summed E-state index contributed by atoms with van der Waals surface area (Å²) in [6, 6.07) is 3.01. The molecule has 5 heterocycles. The van der Waals surface area contributed by atoms with Crippen LogP contribution in [0.1, 0.15) is 18.3 Å². The zero-order valence-electron chi connectivity index (χ0n) is 20.0. The molecule has 2 aliphatic rings. The van der Waals surface area contributed by atoms with Gasteiger partial charge in [0.05, 0.1) is 6.20 Å². The minimum Gasteiger partial charge on any atom is -0.477 e. The number of carbonyl (C=O) groups excluding carboxylic acids is 2. The highest BCUT2D eigenvalue weighted by Gasteiger charge is 2.54. The second-order valence-corrected chi connectivity index (χ2v) is 10.4. The van der Waals surface area contributed by atoms with Gasteiger partial charge in [-0.05, 0) is 19.1 Å². The van der Waals surface area contributed by atoms with Crippen LogP contribution in [-0.2, 0) is 25.8 Å². The number of aromatic nitrogens is 3. The van der Waals surface area contributed by atoms with Crippen LogP contribution in [0.15, 0.2) is 52.5 Å². The van der Waals surface area contributed by atoms with Crippen LogP contribution in [0.5, 0.6) is 0 Å². The van der Waals surface area contributed by atoms with E-state index < -0.39 is 29.2 Å². The lowest BCUT2D eigenvalue weighted by atomic mass is 10.0. The lowest BCUT2D eigenvalue weighted by Gasteiger charge is -2.49. The van der Waals surface area contributed by atoms with Crippen molar-refractivity contribution in [3.63, 3.8) is 0 Å². The third-order valence-electron chi connectivity index (χ3n) is 6.15. The van der Waals surface area contributed by atoms with E-state index >= 15 is 0 Å². The summed E-state index contributed by atoms with van der Waals surface area (Å²) in [4.78, 5) is 48.8. The molecule has 0 unspecified atom stereocenters. The number of oxime groups is 1. The Morgan fingerprint density at radius 2 is 2.22 bits per heavy atom. The Balaban J connectivity index is 1.37. The number of nitrogens with two attached hydrogens (primary N) is 1. The van der Waals surface area contributed by atoms with Gasteiger partial charge in [-0.15, -0.1) is 23.1 Å². The van der Waals surface area contributed by atoms with Crippen molar-refractivity contribution < 1.29 is 28.9 Å². The normalized spacial score (nSPS) is 19.6. The Labute approximate surface area is 219 Å². The van der Waals surface area contributed by atoms with E-state index in [2.05, 4.69) is 15.5 Å². The summed E-state index contributed by atoms with van der Waals surface area (Å²) in [5.74, 6) is -1.95. The Morgan fingerprint density at radius 1 is 1.41 bits per heavy atom. The summed E-state index contributed by atoms with van der Waals surface area (Å²) in [6.45, 7) is 4.24. The molecule has 2 atom stereocenters. The minimum absolute atomic E-state index is 0.0445. The second kappa shape index (κ2) is 9.86. The summed E-state index contributed by atoms with van der Waals surface area (Å²) in [5, 5.41) is 17.8. The Bertz CT molecular complexity index is 1480. The maximum absolute atomic E-state index is 13.1. The molecule has 14 heteroatoms. The van der Waals surface area contributed by atoms with Crippen molar-refractivity contribution in [3.05, 3.63) is 58.8 Å². The van der Waals surface area contributed by atoms with Crippen molar-refractivity contribution in [2.24, 2.45) is 5.16 Å². The molecule has 192 valence electrons. The maximum Gasteiger partial charge on any atom is 0.352 e. The molecule has 0 bridgehead atoms. The number of hydrogen-bond donors (Lipinski definition) is 3. The first-order chi connectivity index (χ1) is 17.8. The largest absolute Gasteiger partial charge is 0.477 e. The number of carbonyl (C=O) groups is 3. The van der Waals surface area contributed by atoms with Crippen LogP contribution in [0, 0.1) is 6.92 Å². The number of thioether (sulfide) groups is 1. The number of β-lactam (4-membered cyclic amide) rings is 1. The van der Waals surface area contributed by atoms with Gasteiger partial charge in [-0.1, -0.05) is 5.16 Å². The van der Waals surface area contributed by atoms with E-state index in [-0.39, 0.29) is 28.8 Å². The van der Waals surface area contributed by atoms with Gasteiger partial charge in [0, 0.05) is 29.8 Å². The van der Waals surface area contributed by atoms with Crippen LogP contribution >= 0.6 is 23.1 Å². The first kappa shape index (κ1) is 24.8. The molecule has 5 rings (SSSR count). The van der Waals surface area contributed by atoms with E-state index in [1.54, 1.807) is 12.3 Å². The zero-order chi connectivity index (χ0) is 26.3. The van der Waals surface area contributed by atoms with Gasteiger partial charge >= 0.3 is 5.97 Å². The molecule has 2 aliphatic heterocycles. The fourth-order valence-electron chi connectivity index (χ4n) is 4.36. The van der Waals surface area contributed by atoms with Crippen molar-refractivity contribution in [1.82, 2.24) is 19.6 Å². The summed E-state index contributed by atoms with van der Waals surface area (Å²) >= 11 is 2.55. The molecule has 2 amide bonds. The molecule has 4 N–H and O–H groups in total. The van der Waals surface area contributed by atoms with E-state index in [0.717, 1.165) is 22.5 Å². The van der Waals surface area contributed by atoms with Crippen LogP contribution in [0.25, 0.3) is 5.52 Å². The third-order valence-corrected chi connectivity index (χ3v) is 8.16. The molecule has 0 spiro atoms. The highest BCUT2D eigenvalue weighted by molar-refractivity contribution is 8.00. The van der Waals surface area contributed by atoms with Gasteiger partial charge in [0.15, 0.2) is 23.6 Å². The summed E-state index contributed by atoms with van der Waals surface area (Å²) in [6.07, 6.45) is 5.73. The molecule has 37 heavy (non-hydrogen) atoms. The fraction of sp³-hybridized carbons (Fsp3) is 0.304. The molecule has 0 radical (unpaired) electrons. The van der Waals surface area contributed by atoms with Crippen LogP contribution in [0.3, 0.4) is 0 Å². The molecule has 0 saturated carbocycles. The Morgan fingerprint density at radius 3 is 2.92 bits per heavy atom. The lowest BCUT2D eigenvalue weighted by molar-refractivity contribution is -0.694. The molecule has 0 aromatic carbocycles. The highest BCUT2D eigenvalue weighted by Crippen LogP contribution is 2.40. The average Bonchev–Trinajstić information content (AvgIpc) is 3.53. The number of carboxylic acids is 1. The van der Waals surface area contributed by atoms with Crippen molar-refractivity contribution in [2.45, 2.75) is 31.8 Å². The summed E-state index contributed by atoms with van der Waals surface area (Å²) in [7, 11) is 0. The quantitative estimate of drug-likeness (QED) is 0.163. The van der Waals surface area contributed by atoms with E-state index in [1.807, 2.05) is 46.6 Å². The smallest absolute Gasteiger partial charge is 0.352 e. The Kier molecular flexibility index (Phi) is 6.60. The van der Waals surface area contributed by atoms with Crippen molar-refractivity contribution in [3.8, 4) is 0 Å². The van der Waals surface area contributed by atoms with Crippen LogP contribution < -0.4 is 15.6 Å². The number of amides is 2. The van der Waals surface area contributed by atoms with Gasteiger partial charge in [0.1, 0.15) is 34.9 Å². The standard InChI is InChI=1S/C23H23N7O5S2/c1-3-35-27-16(14-11-37-23(24)25-14)19(31)26-17-20(32)30-18(22(33)34)13(10-36-21(17)30)9-29-8-7-28-6-4-5-15(28)12(29)2/h4-8,11,17,21H,3,9-10H2,1-2H3,(H3-,24,25,26,31,33,34)/p+1/b27-16-/t17-,21-/m1/s1. The molecule has 3 aromatic rings. The van der Waals surface area contributed by atoms with Crippen LogP contribution in [0.2, 0.25) is 0 Å². The molecule has 12 nitrogen and oxygen atoms in total. The number of anilines is 1. The van der Waals surface area contributed by atoms with Crippen LogP contribution in [-0.4, -0.2) is 66.7 Å². The summed E-state index contributed by atoms with van der Waals surface area (Å²) < 4.78 is 3.95. The fourth-order valence-corrected chi connectivity index (χ4v) is 6.25. The van der Waals surface area contributed by atoms with Gasteiger partial charge in [-0.25, -0.2) is 9.78 Å². The number of nitrogens with zero attached hydrogens (tertiary/aromatic N) is 5. The number of aryl methyl sites for hydroxylation is 1. The van der Waals surface area contributed by atoms with Crippen molar-refractivity contribution >= 4 is 57.2 Å². The number of rotatable bonds is 8. The maximum atomic E-state index is 13.1. The predicted molar refractivity (Wildman–Crippen MR) is 137 cm³/mol. The number of nitrogen functional groups attached to an aromatic ring is 1. The number of hydrogen-bond acceptors (Lipinski definition) is 9. The molecule has 1 fully saturated rings. The minimum atomic E-state index is -1.18. The van der Waals surface area contributed by atoms with E-state index in [9.17, 15) is 19.5 Å². The van der Waals surface area contributed by atoms with E-state index in [0.29, 0.717) is 17.9 Å². The van der Waals surface area contributed by atoms with Crippen LogP contribution in [0.4, 0.5) is 5.13 Å². The number of fused-ring (bicyclic) bond motifs is 2. The Hall–Kier alpha value is -3.91. The molecule has 3 aromatic heterocycles. The summed E-state index contributed by atoms with van der Waals surface area (Å²) in [5.41, 5.74) is 8.37.